The van der Waals surface area contributed by atoms with Gasteiger partial charge in [0.25, 0.3) is 0 Å². The Labute approximate surface area is 91.0 Å². The average Bonchev–Trinajstić information content (AvgIpc) is 2.61. The summed E-state index contributed by atoms with van der Waals surface area (Å²) in [6.45, 7) is 5.86. The van der Waals surface area contributed by atoms with Crippen LogP contribution in [0.1, 0.15) is 40.0 Å². The maximum atomic E-state index is 11.6. The largest absolute Gasteiger partial charge is 0.388 e. The smallest absolute Gasteiger partial charge is 0.249 e. The quantitative estimate of drug-likeness (QED) is 0.730. The minimum atomic E-state index is -0.820. The van der Waals surface area contributed by atoms with Crippen LogP contribution < -0.4 is 5.32 Å². The number of rotatable bonds is 4. The van der Waals surface area contributed by atoms with Crippen LogP contribution in [0.25, 0.3) is 0 Å². The fraction of sp³-hybridized carbons (Fsp3) is 0.909. The lowest BCUT2D eigenvalue weighted by Crippen LogP contribution is -2.44. The summed E-state index contributed by atoms with van der Waals surface area (Å²) in [5.74, 6) is -0.104. The van der Waals surface area contributed by atoms with Crippen LogP contribution in [0, 0.1) is 0 Å². The van der Waals surface area contributed by atoms with E-state index in [9.17, 15) is 9.90 Å². The van der Waals surface area contributed by atoms with Gasteiger partial charge in [0.15, 0.2) is 0 Å². The molecule has 1 rings (SSSR count). The first kappa shape index (κ1) is 12.5. The number of nitrogens with one attached hydrogen (secondary N) is 1. The highest BCUT2D eigenvalue weighted by Gasteiger charge is 2.29. The average molecular weight is 215 g/mol. The molecule has 0 aromatic heterocycles. The molecule has 3 atom stereocenters. The van der Waals surface area contributed by atoms with Gasteiger partial charge in [-0.15, -0.1) is 0 Å². The van der Waals surface area contributed by atoms with Crippen LogP contribution >= 0.6 is 0 Å². The summed E-state index contributed by atoms with van der Waals surface area (Å²) in [5, 5.41) is 12.4. The number of hydrogen-bond donors (Lipinski definition) is 2. The van der Waals surface area contributed by atoms with Gasteiger partial charge in [0, 0.05) is 6.54 Å². The van der Waals surface area contributed by atoms with Gasteiger partial charge in [-0.3, -0.25) is 4.79 Å². The molecule has 1 aliphatic rings. The molecule has 1 aliphatic heterocycles. The van der Waals surface area contributed by atoms with Crippen molar-refractivity contribution in [2.24, 2.45) is 0 Å². The van der Waals surface area contributed by atoms with Crippen molar-refractivity contribution in [2.45, 2.75) is 57.8 Å². The molecular weight excluding hydrogens is 194 g/mol. The molecule has 15 heavy (non-hydrogen) atoms. The van der Waals surface area contributed by atoms with E-state index in [0.717, 1.165) is 12.8 Å². The molecular formula is C11H21NO3. The Morgan fingerprint density at radius 2 is 2.27 bits per heavy atom. The van der Waals surface area contributed by atoms with E-state index >= 15 is 0 Å². The van der Waals surface area contributed by atoms with Crippen molar-refractivity contribution >= 4 is 5.91 Å². The number of hydrogen-bond acceptors (Lipinski definition) is 3. The molecule has 2 N–H and O–H groups in total. The van der Waals surface area contributed by atoms with E-state index < -0.39 is 5.60 Å². The molecule has 1 saturated heterocycles. The molecule has 0 bridgehead atoms. The molecule has 1 fully saturated rings. The van der Waals surface area contributed by atoms with E-state index in [1.165, 1.54) is 0 Å². The summed E-state index contributed by atoms with van der Waals surface area (Å²) < 4.78 is 5.43. The summed E-state index contributed by atoms with van der Waals surface area (Å²) in [4.78, 5) is 11.6. The highest BCUT2D eigenvalue weighted by Crippen LogP contribution is 2.19. The van der Waals surface area contributed by atoms with Crippen molar-refractivity contribution in [3.8, 4) is 0 Å². The van der Waals surface area contributed by atoms with Gasteiger partial charge >= 0.3 is 0 Å². The first-order chi connectivity index (χ1) is 6.94. The van der Waals surface area contributed by atoms with E-state index in [-0.39, 0.29) is 24.7 Å². The van der Waals surface area contributed by atoms with Crippen LogP contribution in [0.4, 0.5) is 0 Å². The minimum absolute atomic E-state index is 0.104. The molecule has 0 radical (unpaired) electrons. The monoisotopic (exact) mass is 215 g/mol. The number of carbonyl (C=O) groups excluding carboxylic acids is 1. The van der Waals surface area contributed by atoms with Crippen molar-refractivity contribution in [2.75, 3.05) is 6.54 Å². The second-order valence-electron chi connectivity index (χ2n) is 4.58. The van der Waals surface area contributed by atoms with Gasteiger partial charge in [-0.1, -0.05) is 6.92 Å². The lowest BCUT2D eigenvalue weighted by atomic mass is 10.0. The number of amides is 1. The fourth-order valence-corrected chi connectivity index (χ4v) is 1.51. The van der Waals surface area contributed by atoms with E-state index in [2.05, 4.69) is 5.32 Å². The molecule has 3 unspecified atom stereocenters. The van der Waals surface area contributed by atoms with Gasteiger partial charge in [0.2, 0.25) is 5.91 Å². The highest BCUT2D eigenvalue weighted by atomic mass is 16.5. The second-order valence-corrected chi connectivity index (χ2v) is 4.58. The normalized spacial score (nSPS) is 29.9. The second kappa shape index (κ2) is 4.94. The highest BCUT2D eigenvalue weighted by molar-refractivity contribution is 5.81. The van der Waals surface area contributed by atoms with Crippen LogP contribution in [0.15, 0.2) is 0 Å². The van der Waals surface area contributed by atoms with Crippen molar-refractivity contribution in [1.29, 1.82) is 0 Å². The molecule has 0 aromatic carbocycles. The van der Waals surface area contributed by atoms with Gasteiger partial charge in [0.05, 0.1) is 11.7 Å². The molecule has 0 saturated carbocycles. The lowest BCUT2D eigenvalue weighted by Gasteiger charge is -2.22. The molecule has 4 heteroatoms. The Balaban J connectivity index is 2.30. The Morgan fingerprint density at radius 3 is 2.73 bits per heavy atom. The number of ether oxygens (including phenoxy) is 1. The molecule has 0 aliphatic carbocycles. The van der Waals surface area contributed by atoms with Crippen LogP contribution in [0.2, 0.25) is 0 Å². The van der Waals surface area contributed by atoms with Crippen LogP contribution in [0.5, 0.6) is 0 Å². The zero-order valence-corrected chi connectivity index (χ0v) is 9.75. The van der Waals surface area contributed by atoms with Crippen LogP contribution in [-0.4, -0.2) is 35.4 Å². The van der Waals surface area contributed by atoms with Crippen LogP contribution in [0.3, 0.4) is 0 Å². The summed E-state index contributed by atoms with van der Waals surface area (Å²) >= 11 is 0. The molecule has 0 aromatic rings. The van der Waals surface area contributed by atoms with Gasteiger partial charge in [-0.2, -0.15) is 0 Å². The van der Waals surface area contributed by atoms with E-state index in [0.29, 0.717) is 6.42 Å². The predicted molar refractivity (Wildman–Crippen MR) is 57.5 cm³/mol. The first-order valence-corrected chi connectivity index (χ1v) is 5.60. The third-order valence-electron chi connectivity index (χ3n) is 2.93. The van der Waals surface area contributed by atoms with E-state index in [4.69, 9.17) is 4.74 Å². The van der Waals surface area contributed by atoms with Crippen molar-refractivity contribution < 1.29 is 14.6 Å². The third kappa shape index (κ3) is 3.80. The van der Waals surface area contributed by atoms with Gasteiger partial charge < -0.3 is 15.2 Å². The molecule has 4 nitrogen and oxygen atoms in total. The van der Waals surface area contributed by atoms with E-state index in [1.54, 1.807) is 6.92 Å². The van der Waals surface area contributed by atoms with Crippen molar-refractivity contribution in [1.82, 2.24) is 5.32 Å². The Hall–Kier alpha value is -0.610. The Bertz CT molecular complexity index is 228. The molecule has 1 amide bonds. The SMILES string of the molecule is CCC(C)(O)CNC(=O)C1CCC(C)O1. The summed E-state index contributed by atoms with van der Waals surface area (Å²) in [7, 11) is 0. The van der Waals surface area contributed by atoms with E-state index in [1.807, 2.05) is 13.8 Å². The number of carbonyl (C=O) groups is 1. The summed E-state index contributed by atoms with van der Waals surface area (Å²) in [5.41, 5.74) is -0.820. The summed E-state index contributed by atoms with van der Waals surface area (Å²) in [6.07, 6.45) is 2.18. The third-order valence-corrected chi connectivity index (χ3v) is 2.93. The van der Waals surface area contributed by atoms with Crippen molar-refractivity contribution in [3.63, 3.8) is 0 Å². The minimum Gasteiger partial charge on any atom is -0.388 e. The van der Waals surface area contributed by atoms with Gasteiger partial charge in [0.1, 0.15) is 6.10 Å². The summed E-state index contributed by atoms with van der Waals surface area (Å²) in [6, 6.07) is 0. The maximum absolute atomic E-state index is 11.6. The zero-order valence-electron chi connectivity index (χ0n) is 9.75. The van der Waals surface area contributed by atoms with Crippen LogP contribution in [-0.2, 0) is 9.53 Å². The fourth-order valence-electron chi connectivity index (χ4n) is 1.51. The maximum Gasteiger partial charge on any atom is 0.249 e. The van der Waals surface area contributed by atoms with Crippen molar-refractivity contribution in [3.05, 3.63) is 0 Å². The van der Waals surface area contributed by atoms with Gasteiger partial charge in [-0.05, 0) is 33.1 Å². The topological polar surface area (TPSA) is 58.6 Å². The number of aliphatic hydroxyl groups is 1. The molecule has 88 valence electrons. The Morgan fingerprint density at radius 1 is 1.60 bits per heavy atom. The standard InChI is InChI=1S/C11H21NO3/c1-4-11(3,14)7-12-10(13)9-6-5-8(2)15-9/h8-9,14H,4-7H2,1-3H3,(H,12,13). The first-order valence-electron chi connectivity index (χ1n) is 5.60. The van der Waals surface area contributed by atoms with Gasteiger partial charge in [-0.25, -0.2) is 0 Å². The molecule has 1 heterocycles. The molecule has 0 spiro atoms. The predicted octanol–water partition coefficient (Wildman–Crippen LogP) is 0.831. The lowest BCUT2D eigenvalue weighted by molar-refractivity contribution is -0.132. The zero-order chi connectivity index (χ0) is 11.5. The Kier molecular flexibility index (Phi) is 4.11.